The summed E-state index contributed by atoms with van der Waals surface area (Å²) in [5.41, 5.74) is 2.58. The van der Waals surface area contributed by atoms with Crippen LogP contribution in [0, 0.1) is 24.7 Å². The molecular formula is C18H23NO2. The number of aryl methyl sites for hydroxylation is 1. The molecule has 0 aromatic heterocycles. The number of piperidine rings is 1. The summed E-state index contributed by atoms with van der Waals surface area (Å²) in [4.78, 5) is 14.6. The van der Waals surface area contributed by atoms with Gasteiger partial charge in [0.1, 0.15) is 0 Å². The maximum Gasteiger partial charge on any atom is 0.254 e. The molecule has 0 saturated carbocycles. The molecule has 1 saturated heterocycles. The molecule has 1 aromatic carbocycles. The van der Waals surface area contributed by atoms with Crippen LogP contribution in [0.25, 0.3) is 0 Å². The van der Waals surface area contributed by atoms with Crippen LogP contribution in [0.5, 0.6) is 0 Å². The number of rotatable bonds is 2. The van der Waals surface area contributed by atoms with E-state index in [0.29, 0.717) is 12.3 Å². The Morgan fingerprint density at radius 3 is 2.76 bits per heavy atom. The predicted molar refractivity (Wildman–Crippen MR) is 84.1 cm³/mol. The van der Waals surface area contributed by atoms with E-state index in [0.717, 1.165) is 42.6 Å². The zero-order valence-electron chi connectivity index (χ0n) is 12.9. The van der Waals surface area contributed by atoms with Crippen LogP contribution in [0.3, 0.4) is 0 Å². The van der Waals surface area contributed by atoms with Crippen LogP contribution in [-0.4, -0.2) is 35.6 Å². The number of benzene rings is 1. The summed E-state index contributed by atoms with van der Waals surface area (Å²) in [6.45, 7) is 5.96. The van der Waals surface area contributed by atoms with E-state index in [2.05, 4.69) is 18.8 Å². The number of carbonyl (C=O) groups is 1. The Labute approximate surface area is 127 Å². The molecule has 112 valence electrons. The average Bonchev–Trinajstić information content (AvgIpc) is 2.49. The van der Waals surface area contributed by atoms with Crippen LogP contribution >= 0.6 is 0 Å². The average molecular weight is 285 g/mol. The third-order valence-electron chi connectivity index (χ3n) is 4.01. The molecule has 1 aliphatic rings. The minimum Gasteiger partial charge on any atom is -0.395 e. The monoisotopic (exact) mass is 285 g/mol. The van der Waals surface area contributed by atoms with E-state index in [1.54, 1.807) is 0 Å². The quantitative estimate of drug-likeness (QED) is 0.849. The van der Waals surface area contributed by atoms with Gasteiger partial charge in [-0.1, -0.05) is 24.8 Å². The molecular weight excluding hydrogens is 262 g/mol. The van der Waals surface area contributed by atoms with Crippen molar-refractivity contribution in [2.75, 3.05) is 19.7 Å². The van der Waals surface area contributed by atoms with Gasteiger partial charge in [-0.3, -0.25) is 4.79 Å². The highest BCUT2D eigenvalue weighted by Gasteiger charge is 2.22. The van der Waals surface area contributed by atoms with Crippen molar-refractivity contribution in [2.45, 2.75) is 33.1 Å². The predicted octanol–water partition coefficient (Wildman–Crippen LogP) is 2.60. The van der Waals surface area contributed by atoms with Crippen molar-refractivity contribution in [3.8, 4) is 11.8 Å². The van der Waals surface area contributed by atoms with Crippen molar-refractivity contribution in [2.24, 2.45) is 5.92 Å². The largest absolute Gasteiger partial charge is 0.395 e. The van der Waals surface area contributed by atoms with Crippen molar-refractivity contribution in [3.05, 3.63) is 34.9 Å². The van der Waals surface area contributed by atoms with Crippen LogP contribution in [-0.2, 0) is 0 Å². The number of aliphatic hydroxyl groups excluding tert-OH is 1. The van der Waals surface area contributed by atoms with Gasteiger partial charge in [0.2, 0.25) is 0 Å². The fraction of sp³-hybridized carbons (Fsp3) is 0.500. The molecule has 0 aliphatic carbocycles. The van der Waals surface area contributed by atoms with Crippen LogP contribution in [0.15, 0.2) is 18.2 Å². The second kappa shape index (κ2) is 7.28. The van der Waals surface area contributed by atoms with Gasteiger partial charge in [0.05, 0.1) is 6.61 Å². The number of carbonyl (C=O) groups excluding carboxylic acids is 1. The summed E-state index contributed by atoms with van der Waals surface area (Å²) in [5.74, 6) is 6.72. The fourth-order valence-electron chi connectivity index (χ4n) is 2.53. The van der Waals surface area contributed by atoms with E-state index >= 15 is 0 Å². The molecule has 3 nitrogen and oxygen atoms in total. The molecule has 21 heavy (non-hydrogen) atoms. The summed E-state index contributed by atoms with van der Waals surface area (Å²) >= 11 is 0. The summed E-state index contributed by atoms with van der Waals surface area (Å²) in [7, 11) is 0. The van der Waals surface area contributed by atoms with E-state index in [-0.39, 0.29) is 12.5 Å². The van der Waals surface area contributed by atoms with E-state index in [4.69, 9.17) is 5.11 Å². The zero-order valence-corrected chi connectivity index (χ0v) is 12.9. The second-order valence-corrected chi connectivity index (χ2v) is 5.78. The summed E-state index contributed by atoms with van der Waals surface area (Å²) in [6.07, 6.45) is 2.63. The first-order valence-corrected chi connectivity index (χ1v) is 7.61. The van der Waals surface area contributed by atoms with Crippen molar-refractivity contribution in [1.82, 2.24) is 4.90 Å². The Bertz CT molecular complexity index is 560. The summed E-state index contributed by atoms with van der Waals surface area (Å²) < 4.78 is 0. The van der Waals surface area contributed by atoms with Gasteiger partial charge in [-0.05, 0) is 43.4 Å². The smallest absolute Gasteiger partial charge is 0.254 e. The highest BCUT2D eigenvalue weighted by Crippen LogP contribution is 2.20. The highest BCUT2D eigenvalue weighted by molar-refractivity contribution is 5.96. The van der Waals surface area contributed by atoms with Crippen molar-refractivity contribution < 1.29 is 9.90 Å². The van der Waals surface area contributed by atoms with Crippen molar-refractivity contribution in [3.63, 3.8) is 0 Å². The minimum atomic E-state index is 0.0661. The molecule has 0 bridgehead atoms. The Morgan fingerprint density at radius 1 is 1.38 bits per heavy atom. The molecule has 3 heteroatoms. The van der Waals surface area contributed by atoms with E-state index in [1.165, 1.54) is 0 Å². The molecule has 0 spiro atoms. The molecule has 1 aliphatic heterocycles. The number of aliphatic hydroxyl groups is 1. The van der Waals surface area contributed by atoms with Gasteiger partial charge in [0.15, 0.2) is 0 Å². The Kier molecular flexibility index (Phi) is 5.41. The van der Waals surface area contributed by atoms with Crippen LogP contribution in [0.4, 0.5) is 0 Å². The molecule has 0 radical (unpaired) electrons. The van der Waals surface area contributed by atoms with Gasteiger partial charge in [0, 0.05) is 30.6 Å². The fourth-order valence-corrected chi connectivity index (χ4v) is 2.53. The minimum absolute atomic E-state index is 0.0661. The zero-order chi connectivity index (χ0) is 15.2. The van der Waals surface area contributed by atoms with E-state index in [9.17, 15) is 4.79 Å². The first kappa shape index (κ1) is 15.6. The van der Waals surface area contributed by atoms with Gasteiger partial charge >= 0.3 is 0 Å². The maximum absolute atomic E-state index is 12.6. The first-order chi connectivity index (χ1) is 10.1. The Hall–Kier alpha value is -1.79. The molecule has 0 atom stereocenters. The summed E-state index contributed by atoms with van der Waals surface area (Å²) in [6, 6.07) is 5.75. The molecule has 1 aromatic rings. The maximum atomic E-state index is 12.6. The number of hydrogen-bond acceptors (Lipinski definition) is 2. The van der Waals surface area contributed by atoms with Crippen LogP contribution in [0.1, 0.15) is 47.7 Å². The topological polar surface area (TPSA) is 40.5 Å². The lowest BCUT2D eigenvalue weighted by Crippen LogP contribution is -2.38. The second-order valence-electron chi connectivity index (χ2n) is 5.78. The number of nitrogens with zero attached hydrogens (tertiary/aromatic N) is 1. The standard InChI is InChI=1S/C18H23NO2/c1-14-8-10-19(11-9-14)18(21)17-13-16(5-3-4-12-20)7-6-15(17)2/h6-7,13-14,20H,4,8-12H2,1-2H3. The number of amides is 1. The van der Waals surface area contributed by atoms with Crippen molar-refractivity contribution >= 4 is 5.91 Å². The normalized spacial score (nSPS) is 15.5. The van der Waals surface area contributed by atoms with Gasteiger partial charge in [0.25, 0.3) is 5.91 Å². The van der Waals surface area contributed by atoms with Crippen LogP contribution < -0.4 is 0 Å². The van der Waals surface area contributed by atoms with Gasteiger partial charge in [-0.15, -0.1) is 0 Å². The molecule has 1 N–H and O–H groups in total. The third kappa shape index (κ3) is 4.09. The molecule has 0 unspecified atom stereocenters. The third-order valence-corrected chi connectivity index (χ3v) is 4.01. The van der Waals surface area contributed by atoms with Crippen LogP contribution in [0.2, 0.25) is 0 Å². The molecule has 1 fully saturated rings. The van der Waals surface area contributed by atoms with Gasteiger partial charge < -0.3 is 10.0 Å². The molecule has 1 heterocycles. The lowest BCUT2D eigenvalue weighted by Gasteiger charge is -2.30. The number of hydrogen-bond donors (Lipinski definition) is 1. The first-order valence-electron chi connectivity index (χ1n) is 7.61. The number of likely N-dealkylation sites (tertiary alicyclic amines) is 1. The lowest BCUT2D eigenvalue weighted by molar-refractivity contribution is 0.0696. The van der Waals surface area contributed by atoms with E-state index in [1.807, 2.05) is 30.0 Å². The molecule has 1 amide bonds. The SMILES string of the molecule is Cc1ccc(C#CCCO)cc1C(=O)N1CCC(C)CC1. The molecule has 2 rings (SSSR count). The van der Waals surface area contributed by atoms with Gasteiger partial charge in [-0.2, -0.15) is 0 Å². The summed E-state index contributed by atoms with van der Waals surface area (Å²) in [5, 5.41) is 8.76. The van der Waals surface area contributed by atoms with Crippen molar-refractivity contribution in [1.29, 1.82) is 0 Å². The Morgan fingerprint density at radius 2 is 2.10 bits per heavy atom. The highest BCUT2D eigenvalue weighted by atomic mass is 16.2. The Balaban J connectivity index is 2.16. The van der Waals surface area contributed by atoms with Gasteiger partial charge in [-0.25, -0.2) is 0 Å². The lowest BCUT2D eigenvalue weighted by atomic mass is 9.97. The van der Waals surface area contributed by atoms with E-state index < -0.39 is 0 Å².